The molecule has 3 aromatic heterocycles. The van der Waals surface area contributed by atoms with Crippen molar-refractivity contribution in [3.05, 3.63) is 64.5 Å². The predicted molar refractivity (Wildman–Crippen MR) is 168 cm³/mol. The molecular weight excluding hydrogens is 544 g/mol. The second kappa shape index (κ2) is 11.6. The highest BCUT2D eigenvalue weighted by molar-refractivity contribution is 6.76. The lowest BCUT2D eigenvalue weighted by Gasteiger charge is -2.39. The zero-order valence-electron chi connectivity index (χ0n) is 25.0. The predicted octanol–water partition coefficient (Wildman–Crippen LogP) is 6.41. The molecule has 2 atom stereocenters. The highest BCUT2D eigenvalue weighted by Gasteiger charge is 2.33. The summed E-state index contributed by atoms with van der Waals surface area (Å²) in [6.45, 7) is 11.2. The van der Waals surface area contributed by atoms with Crippen molar-refractivity contribution in [2.45, 2.75) is 89.6 Å². The van der Waals surface area contributed by atoms with Crippen LogP contribution >= 0.6 is 0 Å². The van der Waals surface area contributed by atoms with E-state index in [9.17, 15) is 4.91 Å². The Morgan fingerprint density at radius 2 is 2.02 bits per heavy atom. The summed E-state index contributed by atoms with van der Waals surface area (Å²) < 4.78 is 8.12. The third-order valence-corrected chi connectivity index (χ3v) is 10.2. The van der Waals surface area contributed by atoms with Gasteiger partial charge in [0.2, 0.25) is 5.95 Å². The summed E-state index contributed by atoms with van der Waals surface area (Å²) >= 11 is 0. The minimum Gasteiger partial charge on any atom is -0.360 e. The Labute approximate surface area is 247 Å². The molecule has 1 fully saturated rings. The van der Waals surface area contributed by atoms with Crippen molar-refractivity contribution < 1.29 is 4.74 Å². The van der Waals surface area contributed by atoms with Crippen LogP contribution in [0.15, 0.2) is 47.9 Å². The minimum absolute atomic E-state index is 0.0512. The standard InChI is InChI=1S/C31H40N8O2Si/c1-31(34-19-24-10-11-25(38-40)18-32-24)12-6-8-23(16-31)35-30-33-17-22-15-21-7-5-9-26-27(21)29(28(22)36-30)39(37-26)20-41-13-14-42(2,3)4/h5,7,9-11,17-18,23,34H,6,8,12-16,19-20H2,1-4H3,(H,33,35,36)/t23-,31+/m1/s1. The molecule has 0 bridgehead atoms. The van der Waals surface area contributed by atoms with Crippen molar-refractivity contribution in [3.8, 4) is 11.4 Å². The fourth-order valence-corrected chi connectivity index (χ4v) is 6.87. The number of nitroso groups, excluding NO2 is 1. The number of fused-ring (bicyclic) bond motifs is 2. The third kappa shape index (κ3) is 6.28. The second-order valence-corrected chi connectivity index (χ2v) is 18.8. The summed E-state index contributed by atoms with van der Waals surface area (Å²) in [5.41, 5.74) is 6.51. The number of aromatic nitrogens is 5. The van der Waals surface area contributed by atoms with E-state index in [1.165, 1.54) is 17.1 Å². The first-order valence-corrected chi connectivity index (χ1v) is 18.6. The first kappa shape index (κ1) is 28.6. The fourth-order valence-electron chi connectivity index (χ4n) is 6.11. The van der Waals surface area contributed by atoms with Crippen molar-refractivity contribution in [1.82, 2.24) is 30.0 Å². The van der Waals surface area contributed by atoms with Gasteiger partial charge in [-0.25, -0.2) is 14.6 Å². The lowest BCUT2D eigenvalue weighted by molar-refractivity contribution is 0.0802. The Hall–Kier alpha value is -3.54. The molecule has 0 unspecified atom stereocenters. The number of hydrogen-bond acceptors (Lipinski definition) is 9. The van der Waals surface area contributed by atoms with Crippen LogP contribution in [0.2, 0.25) is 25.7 Å². The first-order chi connectivity index (χ1) is 20.2. The van der Waals surface area contributed by atoms with E-state index in [4.69, 9.17) is 19.8 Å². The molecule has 1 aromatic carbocycles. The van der Waals surface area contributed by atoms with Crippen molar-refractivity contribution in [2.75, 3.05) is 11.9 Å². The van der Waals surface area contributed by atoms with E-state index < -0.39 is 8.07 Å². The molecule has 220 valence electrons. The van der Waals surface area contributed by atoms with Crippen molar-refractivity contribution >= 4 is 30.6 Å². The van der Waals surface area contributed by atoms with Crippen LogP contribution in [0.25, 0.3) is 22.3 Å². The highest BCUT2D eigenvalue weighted by Crippen LogP contribution is 2.39. The van der Waals surface area contributed by atoms with Crippen molar-refractivity contribution in [2.24, 2.45) is 5.18 Å². The molecule has 2 aliphatic rings. The number of nitrogens with zero attached hydrogens (tertiary/aromatic N) is 6. The number of anilines is 1. The van der Waals surface area contributed by atoms with Gasteiger partial charge < -0.3 is 15.4 Å². The van der Waals surface area contributed by atoms with Gasteiger partial charge in [-0.1, -0.05) is 31.8 Å². The molecule has 10 nitrogen and oxygen atoms in total. The number of rotatable bonds is 11. The smallest absolute Gasteiger partial charge is 0.223 e. The monoisotopic (exact) mass is 584 g/mol. The van der Waals surface area contributed by atoms with Gasteiger partial charge in [-0.05, 0) is 67.6 Å². The quantitative estimate of drug-likeness (QED) is 0.104. The average Bonchev–Trinajstić information content (AvgIpc) is 3.34. The van der Waals surface area contributed by atoms with Crippen LogP contribution in [0.1, 0.15) is 49.4 Å². The van der Waals surface area contributed by atoms with Gasteiger partial charge in [-0.15, -0.1) is 4.91 Å². The Bertz CT molecular complexity index is 1580. The zero-order chi connectivity index (χ0) is 29.3. The zero-order valence-corrected chi connectivity index (χ0v) is 26.0. The first-order valence-electron chi connectivity index (χ1n) is 14.9. The molecule has 11 heteroatoms. The Kier molecular flexibility index (Phi) is 7.90. The molecule has 0 spiro atoms. The molecule has 0 radical (unpaired) electrons. The summed E-state index contributed by atoms with van der Waals surface area (Å²) in [4.78, 5) is 24.9. The average molecular weight is 585 g/mol. The maximum Gasteiger partial charge on any atom is 0.223 e. The molecular formula is C31H40N8O2Si. The van der Waals surface area contributed by atoms with E-state index in [0.29, 0.717) is 24.9 Å². The summed E-state index contributed by atoms with van der Waals surface area (Å²) in [5.74, 6) is 0.654. The van der Waals surface area contributed by atoms with Gasteiger partial charge >= 0.3 is 0 Å². The van der Waals surface area contributed by atoms with Gasteiger partial charge in [-0.2, -0.15) is 5.10 Å². The maximum atomic E-state index is 10.7. The van der Waals surface area contributed by atoms with E-state index in [0.717, 1.165) is 72.9 Å². The second-order valence-electron chi connectivity index (χ2n) is 13.2. The molecule has 42 heavy (non-hydrogen) atoms. The van der Waals surface area contributed by atoms with Gasteiger partial charge in [0.25, 0.3) is 0 Å². The SMILES string of the molecule is C[C@]1(NCc2ccc(N=O)cn2)CCC[C@@H](Nc2ncc3c(n2)-c2c4c(cccc4nn2COCC[Si](C)(C)C)C3)C1. The third-order valence-electron chi connectivity index (χ3n) is 8.45. The molecule has 2 aliphatic carbocycles. The van der Waals surface area contributed by atoms with Crippen LogP contribution in [0.4, 0.5) is 11.6 Å². The Balaban J connectivity index is 1.18. The highest BCUT2D eigenvalue weighted by atomic mass is 28.3. The molecule has 3 heterocycles. The van der Waals surface area contributed by atoms with Crippen LogP contribution in [0.5, 0.6) is 0 Å². The van der Waals surface area contributed by atoms with Crippen LogP contribution < -0.4 is 10.6 Å². The van der Waals surface area contributed by atoms with Gasteiger partial charge in [-0.3, -0.25) is 4.98 Å². The molecule has 0 saturated heterocycles. The number of pyridine rings is 1. The largest absolute Gasteiger partial charge is 0.360 e. The van der Waals surface area contributed by atoms with Crippen molar-refractivity contribution in [3.63, 3.8) is 0 Å². The topological polar surface area (TPSA) is 119 Å². The van der Waals surface area contributed by atoms with E-state index >= 15 is 0 Å². The van der Waals surface area contributed by atoms with Crippen LogP contribution in [0, 0.1) is 4.91 Å². The van der Waals surface area contributed by atoms with Gasteiger partial charge in [0.1, 0.15) is 12.4 Å². The molecule has 6 rings (SSSR count). The van der Waals surface area contributed by atoms with E-state index in [2.05, 4.69) is 65.6 Å². The van der Waals surface area contributed by atoms with E-state index in [1.807, 2.05) is 16.9 Å². The summed E-state index contributed by atoms with van der Waals surface area (Å²) in [7, 11) is -1.18. The summed E-state index contributed by atoms with van der Waals surface area (Å²) in [5, 5.41) is 16.4. The van der Waals surface area contributed by atoms with E-state index in [1.54, 1.807) is 6.07 Å². The Morgan fingerprint density at radius 1 is 1.14 bits per heavy atom. The molecule has 1 saturated carbocycles. The van der Waals surface area contributed by atoms with Gasteiger partial charge in [0, 0.05) is 56.4 Å². The van der Waals surface area contributed by atoms with Gasteiger partial charge in [0.15, 0.2) is 0 Å². The molecule has 0 aliphatic heterocycles. The van der Waals surface area contributed by atoms with Crippen LogP contribution in [-0.2, 0) is 24.4 Å². The van der Waals surface area contributed by atoms with Crippen LogP contribution in [0.3, 0.4) is 0 Å². The normalized spacial score (nSPS) is 20.0. The maximum absolute atomic E-state index is 10.7. The van der Waals surface area contributed by atoms with Crippen LogP contribution in [-0.4, -0.2) is 51.0 Å². The number of nitrogens with one attached hydrogen (secondary N) is 2. The lowest BCUT2D eigenvalue weighted by atomic mass is 9.80. The summed E-state index contributed by atoms with van der Waals surface area (Å²) in [6.07, 6.45) is 8.47. The number of hydrogen-bond donors (Lipinski definition) is 2. The van der Waals surface area contributed by atoms with Gasteiger partial charge in [0.05, 0.1) is 28.8 Å². The lowest BCUT2D eigenvalue weighted by Crippen LogP contribution is -2.48. The minimum atomic E-state index is -1.18. The molecule has 0 amide bonds. The fraction of sp³-hybridized carbons (Fsp3) is 0.484. The van der Waals surface area contributed by atoms with Crippen molar-refractivity contribution in [1.29, 1.82) is 0 Å². The number of benzene rings is 1. The molecule has 2 N–H and O–H groups in total. The summed E-state index contributed by atoms with van der Waals surface area (Å²) in [6, 6.07) is 11.3. The molecule has 4 aromatic rings. The number of ether oxygens (including phenoxy) is 1. The van der Waals surface area contributed by atoms with E-state index in [-0.39, 0.29) is 11.6 Å². The Morgan fingerprint density at radius 3 is 2.81 bits per heavy atom.